The Hall–Kier alpha value is -1.92. The van der Waals surface area contributed by atoms with Gasteiger partial charge in [-0.3, -0.25) is 9.59 Å². The Kier molecular flexibility index (Phi) is 6.63. The Morgan fingerprint density at radius 1 is 1.15 bits per heavy atom. The molecule has 0 aromatic heterocycles. The number of anilines is 1. The van der Waals surface area contributed by atoms with E-state index in [0.29, 0.717) is 19.6 Å². The number of nitrogens with one attached hydrogen (secondary N) is 1. The molecule has 1 aromatic carbocycles. The maximum absolute atomic E-state index is 12.3. The number of rotatable bonds is 6. The molecule has 1 atom stereocenters. The van der Waals surface area contributed by atoms with Crippen LogP contribution in [-0.4, -0.2) is 49.1 Å². The molecule has 2 fully saturated rings. The van der Waals surface area contributed by atoms with Crippen molar-refractivity contribution in [3.05, 3.63) is 29.8 Å². The molecule has 142 valence electrons. The highest BCUT2D eigenvalue weighted by Gasteiger charge is 2.26. The fourth-order valence-electron chi connectivity index (χ4n) is 3.65. The molecule has 2 heterocycles. The van der Waals surface area contributed by atoms with Crippen molar-refractivity contribution >= 4 is 17.5 Å². The molecule has 2 aliphatic rings. The van der Waals surface area contributed by atoms with E-state index in [4.69, 9.17) is 10.5 Å². The van der Waals surface area contributed by atoms with Crippen molar-refractivity contribution in [2.45, 2.75) is 44.6 Å². The van der Waals surface area contributed by atoms with E-state index in [9.17, 15) is 9.59 Å². The number of carbonyl (C=O) groups is 2. The number of ether oxygens (including phenoxy) is 1. The van der Waals surface area contributed by atoms with Gasteiger partial charge in [-0.15, -0.1) is 0 Å². The molecule has 26 heavy (non-hydrogen) atoms. The monoisotopic (exact) mass is 359 g/mol. The maximum atomic E-state index is 12.3. The highest BCUT2D eigenvalue weighted by atomic mass is 16.5. The van der Waals surface area contributed by atoms with Gasteiger partial charge in [-0.05, 0) is 55.7 Å². The van der Waals surface area contributed by atoms with Gasteiger partial charge < -0.3 is 20.7 Å². The molecule has 0 saturated carbocycles. The molecule has 0 bridgehead atoms. The quantitative estimate of drug-likeness (QED) is 0.813. The standard InChI is InChI=1S/C20H29N3O3/c21-19(16-9-13-26-14-10-16)20(25)22-17-6-3-15(4-7-17)5-8-18(24)23-11-1-2-12-23/h3-4,6-7,16,19H,1-2,5,8-14,21H2,(H,22,25). The molecule has 1 unspecified atom stereocenters. The lowest BCUT2D eigenvalue weighted by atomic mass is 9.92. The highest BCUT2D eigenvalue weighted by Crippen LogP contribution is 2.19. The van der Waals surface area contributed by atoms with Gasteiger partial charge in [0, 0.05) is 38.4 Å². The Bertz CT molecular complexity index is 605. The van der Waals surface area contributed by atoms with Crippen LogP contribution in [0.3, 0.4) is 0 Å². The summed E-state index contributed by atoms with van der Waals surface area (Å²) in [7, 11) is 0. The Labute approximate surface area is 155 Å². The van der Waals surface area contributed by atoms with E-state index in [0.717, 1.165) is 56.4 Å². The first kappa shape index (κ1) is 18.9. The lowest BCUT2D eigenvalue weighted by molar-refractivity contribution is -0.130. The minimum absolute atomic E-state index is 0.145. The summed E-state index contributed by atoms with van der Waals surface area (Å²) in [5.74, 6) is 0.274. The lowest BCUT2D eigenvalue weighted by Crippen LogP contribution is -2.43. The minimum Gasteiger partial charge on any atom is -0.381 e. The molecule has 2 amide bonds. The predicted molar refractivity (Wildman–Crippen MR) is 101 cm³/mol. The van der Waals surface area contributed by atoms with E-state index in [2.05, 4.69) is 5.32 Å². The zero-order chi connectivity index (χ0) is 18.4. The number of aryl methyl sites for hydroxylation is 1. The summed E-state index contributed by atoms with van der Waals surface area (Å²) in [6.45, 7) is 3.15. The summed E-state index contributed by atoms with van der Waals surface area (Å²) in [5.41, 5.74) is 7.94. The van der Waals surface area contributed by atoms with E-state index in [1.807, 2.05) is 29.2 Å². The van der Waals surface area contributed by atoms with Gasteiger partial charge >= 0.3 is 0 Å². The molecule has 3 rings (SSSR count). The van der Waals surface area contributed by atoms with Crippen molar-refractivity contribution in [1.82, 2.24) is 4.90 Å². The SMILES string of the molecule is NC(C(=O)Nc1ccc(CCC(=O)N2CCCC2)cc1)C1CCOCC1. The topological polar surface area (TPSA) is 84.7 Å². The molecule has 6 nitrogen and oxygen atoms in total. The molecule has 0 radical (unpaired) electrons. The molecule has 2 aliphatic heterocycles. The number of benzene rings is 1. The zero-order valence-corrected chi connectivity index (χ0v) is 15.3. The van der Waals surface area contributed by atoms with E-state index in [1.54, 1.807) is 0 Å². The van der Waals surface area contributed by atoms with Crippen LogP contribution in [-0.2, 0) is 20.7 Å². The van der Waals surface area contributed by atoms with Crippen LogP contribution in [0.4, 0.5) is 5.69 Å². The summed E-state index contributed by atoms with van der Waals surface area (Å²) in [4.78, 5) is 26.4. The van der Waals surface area contributed by atoms with Gasteiger partial charge in [0.15, 0.2) is 0 Å². The van der Waals surface area contributed by atoms with Crippen molar-refractivity contribution in [1.29, 1.82) is 0 Å². The van der Waals surface area contributed by atoms with Gasteiger partial charge in [0.25, 0.3) is 0 Å². The first-order valence-corrected chi connectivity index (χ1v) is 9.64. The second-order valence-electron chi connectivity index (χ2n) is 7.25. The average Bonchev–Trinajstić information content (AvgIpc) is 3.22. The number of carbonyl (C=O) groups excluding carboxylic acids is 2. The van der Waals surface area contributed by atoms with Crippen LogP contribution in [0.15, 0.2) is 24.3 Å². The highest BCUT2D eigenvalue weighted by molar-refractivity contribution is 5.94. The van der Waals surface area contributed by atoms with Gasteiger partial charge in [-0.2, -0.15) is 0 Å². The molecule has 0 aliphatic carbocycles. The third-order valence-corrected chi connectivity index (χ3v) is 5.38. The van der Waals surface area contributed by atoms with E-state index >= 15 is 0 Å². The summed E-state index contributed by atoms with van der Waals surface area (Å²) < 4.78 is 5.32. The molecule has 3 N–H and O–H groups in total. The van der Waals surface area contributed by atoms with Crippen LogP contribution >= 0.6 is 0 Å². The summed E-state index contributed by atoms with van der Waals surface area (Å²) >= 11 is 0. The number of nitrogens with zero attached hydrogens (tertiary/aromatic N) is 1. The van der Waals surface area contributed by atoms with Gasteiger partial charge in [-0.25, -0.2) is 0 Å². The minimum atomic E-state index is -0.503. The fourth-order valence-corrected chi connectivity index (χ4v) is 3.65. The Morgan fingerprint density at radius 2 is 1.81 bits per heavy atom. The third kappa shape index (κ3) is 5.05. The van der Waals surface area contributed by atoms with Gasteiger partial charge in [0.1, 0.15) is 0 Å². The lowest BCUT2D eigenvalue weighted by Gasteiger charge is -2.26. The van der Waals surface area contributed by atoms with Crippen LogP contribution in [0, 0.1) is 5.92 Å². The predicted octanol–water partition coefficient (Wildman–Crippen LogP) is 1.93. The Morgan fingerprint density at radius 3 is 2.46 bits per heavy atom. The van der Waals surface area contributed by atoms with E-state index in [1.165, 1.54) is 0 Å². The van der Waals surface area contributed by atoms with Crippen LogP contribution in [0.2, 0.25) is 0 Å². The first-order chi connectivity index (χ1) is 12.6. The van der Waals surface area contributed by atoms with Gasteiger partial charge in [0.2, 0.25) is 11.8 Å². The number of likely N-dealkylation sites (tertiary alicyclic amines) is 1. The molecule has 1 aromatic rings. The number of hydrogen-bond donors (Lipinski definition) is 2. The van der Waals surface area contributed by atoms with Crippen molar-refractivity contribution < 1.29 is 14.3 Å². The van der Waals surface area contributed by atoms with Crippen molar-refractivity contribution in [3.8, 4) is 0 Å². The second kappa shape index (κ2) is 9.14. The largest absolute Gasteiger partial charge is 0.381 e. The van der Waals surface area contributed by atoms with Crippen LogP contribution in [0.1, 0.15) is 37.7 Å². The molecule has 6 heteroatoms. The number of amides is 2. The fraction of sp³-hybridized carbons (Fsp3) is 0.600. The zero-order valence-electron chi connectivity index (χ0n) is 15.3. The number of hydrogen-bond acceptors (Lipinski definition) is 4. The molecule has 2 saturated heterocycles. The van der Waals surface area contributed by atoms with Crippen molar-refractivity contribution in [3.63, 3.8) is 0 Å². The molecular weight excluding hydrogens is 330 g/mol. The second-order valence-corrected chi connectivity index (χ2v) is 7.25. The van der Waals surface area contributed by atoms with Crippen molar-refractivity contribution in [2.75, 3.05) is 31.6 Å². The normalized spacial score (nSPS) is 19.3. The maximum Gasteiger partial charge on any atom is 0.241 e. The summed E-state index contributed by atoms with van der Waals surface area (Å²) in [6.07, 6.45) is 5.18. The molecular formula is C20H29N3O3. The van der Waals surface area contributed by atoms with E-state index < -0.39 is 6.04 Å². The third-order valence-electron chi connectivity index (χ3n) is 5.38. The van der Waals surface area contributed by atoms with Gasteiger partial charge in [0.05, 0.1) is 6.04 Å². The molecule has 0 spiro atoms. The van der Waals surface area contributed by atoms with E-state index in [-0.39, 0.29) is 17.7 Å². The summed E-state index contributed by atoms with van der Waals surface area (Å²) in [6, 6.07) is 7.19. The number of nitrogens with two attached hydrogens (primary N) is 1. The average molecular weight is 359 g/mol. The first-order valence-electron chi connectivity index (χ1n) is 9.64. The smallest absolute Gasteiger partial charge is 0.241 e. The summed E-state index contributed by atoms with van der Waals surface area (Å²) in [5, 5.41) is 2.90. The van der Waals surface area contributed by atoms with Gasteiger partial charge in [-0.1, -0.05) is 12.1 Å². The van der Waals surface area contributed by atoms with Crippen LogP contribution in [0.5, 0.6) is 0 Å². The Balaban J connectivity index is 1.46. The van der Waals surface area contributed by atoms with Crippen molar-refractivity contribution in [2.24, 2.45) is 11.7 Å². The van der Waals surface area contributed by atoms with Crippen LogP contribution < -0.4 is 11.1 Å². The van der Waals surface area contributed by atoms with Crippen LogP contribution in [0.25, 0.3) is 0 Å².